The maximum atomic E-state index is 10.7. The van der Waals surface area contributed by atoms with Crippen molar-refractivity contribution in [3.63, 3.8) is 0 Å². The first-order chi connectivity index (χ1) is 8.56. The highest BCUT2D eigenvalue weighted by Crippen LogP contribution is 2.32. The van der Waals surface area contributed by atoms with E-state index in [1.54, 1.807) is 12.1 Å². The molecule has 0 spiro atoms. The van der Waals surface area contributed by atoms with E-state index in [-0.39, 0.29) is 11.6 Å². The maximum Gasteiger partial charge on any atom is 0.273 e. The largest absolute Gasteiger partial charge is 0.437 e. The van der Waals surface area contributed by atoms with Gasteiger partial charge in [0.25, 0.3) is 5.69 Å². The molecule has 92 valence electrons. The highest BCUT2D eigenvalue weighted by atomic mass is 79.9. The number of non-ortho nitro benzene ring substituents is 1. The van der Waals surface area contributed by atoms with Crippen LogP contribution in [0.25, 0.3) is 0 Å². The number of halogens is 2. The van der Waals surface area contributed by atoms with Crippen LogP contribution >= 0.6 is 31.9 Å². The van der Waals surface area contributed by atoms with Crippen molar-refractivity contribution in [3.05, 3.63) is 49.8 Å². The van der Waals surface area contributed by atoms with E-state index in [4.69, 9.17) is 4.74 Å². The van der Waals surface area contributed by atoms with E-state index in [9.17, 15) is 10.1 Å². The summed E-state index contributed by atoms with van der Waals surface area (Å²) in [6.45, 7) is 0. The number of nitro groups is 1. The molecule has 8 heteroatoms. The number of hydrogen-bond acceptors (Lipinski definition) is 5. The minimum absolute atomic E-state index is 0.0543. The molecule has 0 bridgehead atoms. The first-order valence-electron chi connectivity index (χ1n) is 4.65. The lowest BCUT2D eigenvalue weighted by Crippen LogP contribution is -1.92. The van der Waals surface area contributed by atoms with Crippen molar-refractivity contribution in [1.29, 1.82) is 0 Å². The Morgan fingerprint density at radius 3 is 2.67 bits per heavy atom. The van der Waals surface area contributed by atoms with Crippen molar-refractivity contribution in [1.82, 2.24) is 9.97 Å². The topological polar surface area (TPSA) is 78.2 Å². The van der Waals surface area contributed by atoms with Crippen LogP contribution < -0.4 is 4.74 Å². The Kier molecular flexibility index (Phi) is 3.87. The molecule has 0 fully saturated rings. The Morgan fingerprint density at radius 2 is 2.00 bits per heavy atom. The fourth-order valence-electron chi connectivity index (χ4n) is 1.17. The molecule has 0 atom stereocenters. The Morgan fingerprint density at radius 1 is 1.22 bits per heavy atom. The molecule has 0 radical (unpaired) electrons. The molecule has 0 unspecified atom stereocenters. The number of hydrogen-bond donors (Lipinski definition) is 0. The lowest BCUT2D eigenvalue weighted by Gasteiger charge is -2.06. The zero-order chi connectivity index (χ0) is 13.1. The van der Waals surface area contributed by atoms with Crippen LogP contribution in [0.2, 0.25) is 0 Å². The van der Waals surface area contributed by atoms with Gasteiger partial charge in [0.15, 0.2) is 5.75 Å². The molecule has 2 rings (SSSR count). The fraction of sp³-hybridized carbons (Fsp3) is 0. The van der Waals surface area contributed by atoms with Gasteiger partial charge in [-0.05, 0) is 37.9 Å². The van der Waals surface area contributed by atoms with Gasteiger partial charge in [0.05, 0.1) is 15.5 Å². The van der Waals surface area contributed by atoms with Gasteiger partial charge in [0.1, 0.15) is 10.9 Å². The highest BCUT2D eigenvalue weighted by molar-refractivity contribution is 9.10. The van der Waals surface area contributed by atoms with Gasteiger partial charge in [0.2, 0.25) is 5.88 Å². The van der Waals surface area contributed by atoms with Crippen molar-refractivity contribution >= 4 is 37.5 Å². The smallest absolute Gasteiger partial charge is 0.273 e. The third kappa shape index (κ3) is 3.02. The molecule has 0 aliphatic heterocycles. The second-order valence-corrected chi connectivity index (χ2v) is 4.82. The molecule has 2 aromatic rings. The third-order valence-corrected chi connectivity index (χ3v) is 3.04. The zero-order valence-electron chi connectivity index (χ0n) is 8.71. The summed E-state index contributed by atoms with van der Waals surface area (Å²) >= 11 is 6.43. The molecular weight excluding hydrogens is 370 g/mol. The van der Waals surface area contributed by atoms with Gasteiger partial charge in [-0.25, -0.2) is 9.97 Å². The Bertz CT molecular complexity index is 607. The van der Waals surface area contributed by atoms with Gasteiger partial charge < -0.3 is 4.74 Å². The summed E-state index contributed by atoms with van der Waals surface area (Å²) in [4.78, 5) is 17.9. The van der Waals surface area contributed by atoms with E-state index in [1.807, 2.05) is 0 Å². The molecule has 0 aliphatic rings. The second-order valence-electron chi connectivity index (χ2n) is 3.15. The fourth-order valence-corrected chi connectivity index (χ4v) is 1.78. The lowest BCUT2D eigenvalue weighted by molar-refractivity contribution is -0.384. The molecule has 0 aliphatic carbocycles. The van der Waals surface area contributed by atoms with Crippen LogP contribution in [0.1, 0.15) is 0 Å². The zero-order valence-corrected chi connectivity index (χ0v) is 11.9. The number of nitrogens with zero attached hydrogens (tertiary/aromatic N) is 3. The highest BCUT2D eigenvalue weighted by Gasteiger charge is 2.11. The minimum atomic E-state index is -0.491. The molecule has 1 aromatic carbocycles. The summed E-state index contributed by atoms with van der Waals surface area (Å²) < 4.78 is 6.61. The summed E-state index contributed by atoms with van der Waals surface area (Å²) in [7, 11) is 0. The summed E-state index contributed by atoms with van der Waals surface area (Å²) in [6, 6.07) is 5.81. The van der Waals surface area contributed by atoms with Crippen molar-refractivity contribution in [3.8, 4) is 11.6 Å². The van der Waals surface area contributed by atoms with Crippen molar-refractivity contribution in [2.45, 2.75) is 0 Å². The van der Waals surface area contributed by atoms with Crippen LogP contribution in [0.5, 0.6) is 11.6 Å². The average molecular weight is 375 g/mol. The Hall–Kier alpha value is -1.54. The minimum Gasteiger partial charge on any atom is -0.437 e. The summed E-state index contributed by atoms with van der Waals surface area (Å²) in [6.07, 6.45) is 1.32. The molecule has 18 heavy (non-hydrogen) atoms. The molecule has 1 heterocycles. The average Bonchev–Trinajstić information content (AvgIpc) is 2.31. The number of nitro benzene ring substituents is 1. The molecule has 0 amide bonds. The molecule has 0 saturated heterocycles. The quantitative estimate of drug-likeness (QED) is 0.465. The molecule has 0 N–H and O–H groups in total. The van der Waals surface area contributed by atoms with E-state index >= 15 is 0 Å². The summed E-state index contributed by atoms with van der Waals surface area (Å²) in [5.74, 6) is 0.605. The lowest BCUT2D eigenvalue weighted by atomic mass is 10.3. The first kappa shape index (κ1) is 12.9. The summed E-state index contributed by atoms with van der Waals surface area (Å²) in [5, 5.41) is 10.7. The predicted octanol–water partition coefficient (Wildman–Crippen LogP) is 3.70. The number of rotatable bonds is 3. The van der Waals surface area contributed by atoms with E-state index in [0.29, 0.717) is 14.8 Å². The molecule has 0 saturated carbocycles. The van der Waals surface area contributed by atoms with Gasteiger partial charge in [0, 0.05) is 12.1 Å². The Labute approximate surface area is 118 Å². The normalized spacial score (nSPS) is 10.1. The van der Waals surface area contributed by atoms with Gasteiger partial charge in [-0.15, -0.1) is 0 Å². The van der Waals surface area contributed by atoms with Crippen LogP contribution in [0.3, 0.4) is 0 Å². The maximum absolute atomic E-state index is 10.7. The second kappa shape index (κ2) is 5.40. The van der Waals surface area contributed by atoms with Crippen molar-refractivity contribution < 1.29 is 9.66 Å². The van der Waals surface area contributed by atoms with E-state index < -0.39 is 4.92 Å². The number of aromatic nitrogens is 2. The van der Waals surface area contributed by atoms with Gasteiger partial charge in [-0.2, -0.15) is 0 Å². The Balaban J connectivity index is 2.33. The standard InChI is InChI=1S/C10H5Br2N3O3/c11-7-2-1-6(15(16)17)3-8(7)18-10-4-9(12)13-5-14-10/h1-5H. The van der Waals surface area contributed by atoms with Gasteiger partial charge in [-0.1, -0.05) is 0 Å². The molecular formula is C10H5Br2N3O3. The predicted molar refractivity (Wildman–Crippen MR) is 70.6 cm³/mol. The van der Waals surface area contributed by atoms with Crippen molar-refractivity contribution in [2.24, 2.45) is 0 Å². The molecule has 1 aromatic heterocycles. The SMILES string of the molecule is O=[N+]([O-])c1ccc(Br)c(Oc2cc(Br)ncn2)c1. The van der Waals surface area contributed by atoms with Crippen LogP contribution in [0, 0.1) is 10.1 Å². The van der Waals surface area contributed by atoms with E-state index in [0.717, 1.165) is 0 Å². The van der Waals surface area contributed by atoms with Crippen LogP contribution in [-0.4, -0.2) is 14.9 Å². The van der Waals surface area contributed by atoms with E-state index in [1.165, 1.54) is 18.5 Å². The number of benzene rings is 1. The van der Waals surface area contributed by atoms with Crippen molar-refractivity contribution in [2.75, 3.05) is 0 Å². The van der Waals surface area contributed by atoms with Crippen LogP contribution in [0.15, 0.2) is 39.7 Å². The van der Waals surface area contributed by atoms with Gasteiger partial charge >= 0.3 is 0 Å². The molecule has 6 nitrogen and oxygen atoms in total. The number of ether oxygens (including phenoxy) is 1. The third-order valence-electron chi connectivity index (χ3n) is 1.95. The van der Waals surface area contributed by atoms with Gasteiger partial charge in [-0.3, -0.25) is 10.1 Å². The van der Waals surface area contributed by atoms with E-state index in [2.05, 4.69) is 41.8 Å². The first-order valence-corrected chi connectivity index (χ1v) is 6.24. The summed E-state index contributed by atoms with van der Waals surface area (Å²) in [5.41, 5.74) is -0.0543. The monoisotopic (exact) mass is 373 g/mol. The van der Waals surface area contributed by atoms with Crippen LogP contribution in [0.4, 0.5) is 5.69 Å². The van der Waals surface area contributed by atoms with Crippen LogP contribution in [-0.2, 0) is 0 Å².